The van der Waals surface area contributed by atoms with Crippen molar-refractivity contribution >= 4 is 24.0 Å². The SMILES string of the molecule is CC(=N)c1cc(N)cc(C(F)(F)F)c1.CC(C)(C)S. The minimum absolute atomic E-state index is 0.0152. The first-order valence-electron chi connectivity index (χ1n) is 5.56. The molecule has 1 rings (SSSR count). The van der Waals surface area contributed by atoms with Gasteiger partial charge in [0.15, 0.2) is 0 Å². The second-order valence-corrected chi connectivity index (χ2v) is 6.48. The lowest BCUT2D eigenvalue weighted by molar-refractivity contribution is -0.137. The van der Waals surface area contributed by atoms with Crippen LogP contribution in [0.4, 0.5) is 18.9 Å². The van der Waals surface area contributed by atoms with Crippen LogP contribution in [0.15, 0.2) is 18.2 Å². The van der Waals surface area contributed by atoms with E-state index in [9.17, 15) is 13.2 Å². The number of benzene rings is 1. The van der Waals surface area contributed by atoms with Crippen molar-refractivity contribution in [3.05, 3.63) is 29.3 Å². The molecule has 0 amide bonds. The molecule has 0 atom stereocenters. The van der Waals surface area contributed by atoms with Crippen LogP contribution in [0, 0.1) is 5.41 Å². The standard InChI is InChI=1S/C9H9F3N2.C4H10S/c1-5(13)6-2-7(9(10,11)12)4-8(14)3-6;1-4(2,3)5/h2-4,13H,14H2,1H3;5H,1-3H3. The van der Waals surface area contributed by atoms with Gasteiger partial charge in [0.25, 0.3) is 0 Å². The maximum Gasteiger partial charge on any atom is 0.416 e. The molecule has 0 aliphatic heterocycles. The molecule has 0 saturated heterocycles. The Kier molecular flexibility index (Phi) is 5.93. The van der Waals surface area contributed by atoms with E-state index in [2.05, 4.69) is 33.4 Å². The lowest BCUT2D eigenvalue weighted by Crippen LogP contribution is -2.07. The number of thiol groups is 1. The van der Waals surface area contributed by atoms with Crippen molar-refractivity contribution in [2.75, 3.05) is 5.73 Å². The average molecular weight is 292 g/mol. The zero-order valence-electron chi connectivity index (χ0n) is 11.4. The number of nitrogen functional groups attached to an aromatic ring is 1. The number of nitrogens with one attached hydrogen (secondary N) is 1. The summed E-state index contributed by atoms with van der Waals surface area (Å²) in [4.78, 5) is 0. The van der Waals surface area contributed by atoms with Crippen LogP contribution in [0.3, 0.4) is 0 Å². The zero-order chi connectivity index (χ0) is 15.4. The highest BCUT2D eigenvalue weighted by Crippen LogP contribution is 2.31. The predicted octanol–water partition coefficient (Wildman–Crippen LogP) is 4.39. The van der Waals surface area contributed by atoms with E-state index in [1.54, 1.807) is 0 Å². The summed E-state index contributed by atoms with van der Waals surface area (Å²) in [5, 5.41) is 7.21. The van der Waals surface area contributed by atoms with Gasteiger partial charge in [-0.05, 0) is 30.7 Å². The molecule has 0 aliphatic carbocycles. The topological polar surface area (TPSA) is 49.9 Å². The Morgan fingerprint density at radius 3 is 1.89 bits per heavy atom. The summed E-state index contributed by atoms with van der Waals surface area (Å²) in [7, 11) is 0. The molecular weight excluding hydrogens is 273 g/mol. The van der Waals surface area contributed by atoms with Gasteiger partial charge in [-0.1, -0.05) is 20.8 Å². The Morgan fingerprint density at radius 2 is 1.58 bits per heavy atom. The third-order valence-electron chi connectivity index (χ3n) is 1.72. The van der Waals surface area contributed by atoms with Crippen LogP contribution in [-0.4, -0.2) is 10.5 Å². The molecule has 2 nitrogen and oxygen atoms in total. The van der Waals surface area contributed by atoms with Crippen LogP contribution in [-0.2, 0) is 6.18 Å². The molecule has 19 heavy (non-hydrogen) atoms. The van der Waals surface area contributed by atoms with Gasteiger partial charge >= 0.3 is 6.18 Å². The molecular formula is C13H19F3N2S. The molecule has 108 valence electrons. The first kappa shape index (κ1) is 17.8. The minimum atomic E-state index is -4.42. The monoisotopic (exact) mass is 292 g/mol. The Bertz CT molecular complexity index is 442. The molecule has 0 radical (unpaired) electrons. The number of halogens is 3. The lowest BCUT2D eigenvalue weighted by atomic mass is 10.1. The van der Waals surface area contributed by atoms with E-state index in [1.165, 1.54) is 13.0 Å². The third-order valence-corrected chi connectivity index (χ3v) is 1.72. The van der Waals surface area contributed by atoms with Crippen molar-refractivity contribution in [2.24, 2.45) is 0 Å². The van der Waals surface area contributed by atoms with Gasteiger partial charge in [0, 0.05) is 16.1 Å². The number of nitrogens with two attached hydrogens (primary N) is 1. The Labute approximate surface area is 117 Å². The third kappa shape index (κ3) is 8.53. The summed E-state index contributed by atoms with van der Waals surface area (Å²) in [6.45, 7) is 7.57. The minimum Gasteiger partial charge on any atom is -0.399 e. The predicted molar refractivity (Wildman–Crippen MR) is 77.1 cm³/mol. The number of rotatable bonds is 1. The molecule has 3 N–H and O–H groups in total. The first-order valence-corrected chi connectivity index (χ1v) is 6.01. The van der Waals surface area contributed by atoms with Gasteiger partial charge in [-0.25, -0.2) is 0 Å². The van der Waals surface area contributed by atoms with Gasteiger partial charge in [0.2, 0.25) is 0 Å². The average Bonchev–Trinajstić information content (AvgIpc) is 2.12. The van der Waals surface area contributed by atoms with E-state index in [1.807, 2.05) is 0 Å². The van der Waals surface area contributed by atoms with Gasteiger partial charge in [-0.15, -0.1) is 0 Å². The summed E-state index contributed by atoms with van der Waals surface area (Å²) < 4.78 is 37.1. The lowest BCUT2D eigenvalue weighted by Gasteiger charge is -2.09. The quantitative estimate of drug-likeness (QED) is 0.401. The Hall–Kier alpha value is -1.17. The molecule has 6 heteroatoms. The van der Waals surface area contributed by atoms with Crippen molar-refractivity contribution in [3.8, 4) is 0 Å². The molecule has 0 unspecified atom stereocenters. The highest BCUT2D eigenvalue weighted by atomic mass is 32.1. The van der Waals surface area contributed by atoms with Crippen LogP contribution in [0.25, 0.3) is 0 Å². The second-order valence-electron chi connectivity index (χ2n) is 5.14. The van der Waals surface area contributed by atoms with Crippen LogP contribution in [0.1, 0.15) is 38.8 Å². The van der Waals surface area contributed by atoms with Crippen molar-refractivity contribution in [1.29, 1.82) is 5.41 Å². The highest BCUT2D eigenvalue weighted by molar-refractivity contribution is 7.81. The van der Waals surface area contributed by atoms with E-state index in [-0.39, 0.29) is 21.7 Å². The number of anilines is 1. The molecule has 0 aromatic heterocycles. The summed E-state index contributed by atoms with van der Waals surface area (Å²) in [6.07, 6.45) is -4.42. The molecule has 0 bridgehead atoms. The van der Waals surface area contributed by atoms with Gasteiger partial charge in [-0.3, -0.25) is 0 Å². The molecule has 0 saturated carbocycles. The van der Waals surface area contributed by atoms with Gasteiger partial charge in [0.05, 0.1) is 5.56 Å². The molecule has 0 aliphatic rings. The van der Waals surface area contributed by atoms with Gasteiger partial charge in [0.1, 0.15) is 0 Å². The van der Waals surface area contributed by atoms with Crippen molar-refractivity contribution in [2.45, 2.75) is 38.6 Å². The smallest absolute Gasteiger partial charge is 0.399 e. The molecule has 0 spiro atoms. The molecule has 1 aromatic rings. The number of hydrogen-bond acceptors (Lipinski definition) is 3. The van der Waals surface area contributed by atoms with Crippen LogP contribution in [0.2, 0.25) is 0 Å². The fraction of sp³-hybridized carbons (Fsp3) is 0.462. The highest BCUT2D eigenvalue weighted by Gasteiger charge is 2.31. The maximum absolute atomic E-state index is 12.3. The van der Waals surface area contributed by atoms with Crippen LogP contribution in [0.5, 0.6) is 0 Å². The number of alkyl halides is 3. The van der Waals surface area contributed by atoms with E-state index in [4.69, 9.17) is 11.1 Å². The van der Waals surface area contributed by atoms with Gasteiger partial charge in [-0.2, -0.15) is 25.8 Å². The summed E-state index contributed by atoms with van der Waals surface area (Å²) >= 11 is 4.12. The van der Waals surface area contributed by atoms with E-state index >= 15 is 0 Å². The fourth-order valence-electron chi connectivity index (χ4n) is 1.03. The van der Waals surface area contributed by atoms with Crippen molar-refractivity contribution in [1.82, 2.24) is 0 Å². The van der Waals surface area contributed by atoms with E-state index in [0.717, 1.165) is 12.1 Å². The van der Waals surface area contributed by atoms with Crippen LogP contribution < -0.4 is 5.73 Å². The maximum atomic E-state index is 12.3. The zero-order valence-corrected chi connectivity index (χ0v) is 12.3. The molecule has 0 heterocycles. The van der Waals surface area contributed by atoms with E-state index in [0.29, 0.717) is 0 Å². The second kappa shape index (κ2) is 6.32. The summed E-state index contributed by atoms with van der Waals surface area (Å²) in [6, 6.07) is 3.11. The molecule has 0 fully saturated rings. The Morgan fingerprint density at radius 1 is 1.16 bits per heavy atom. The van der Waals surface area contributed by atoms with Crippen molar-refractivity contribution < 1.29 is 13.2 Å². The number of hydrogen-bond donors (Lipinski definition) is 3. The summed E-state index contributed by atoms with van der Waals surface area (Å²) in [5.41, 5.74) is 4.74. The largest absolute Gasteiger partial charge is 0.416 e. The van der Waals surface area contributed by atoms with Crippen molar-refractivity contribution in [3.63, 3.8) is 0 Å². The Balaban J connectivity index is 0.000000555. The molecule has 1 aromatic carbocycles. The summed E-state index contributed by atoms with van der Waals surface area (Å²) in [5.74, 6) is 0. The normalized spacial score (nSPS) is 11.6. The van der Waals surface area contributed by atoms with E-state index < -0.39 is 11.7 Å². The van der Waals surface area contributed by atoms with Crippen LogP contribution >= 0.6 is 12.6 Å². The first-order chi connectivity index (χ1) is 8.30. The van der Waals surface area contributed by atoms with Gasteiger partial charge < -0.3 is 11.1 Å². The fourth-order valence-corrected chi connectivity index (χ4v) is 1.03.